The average molecular weight is 324 g/mol. The lowest BCUT2D eigenvalue weighted by atomic mass is 9.97. The van der Waals surface area contributed by atoms with Gasteiger partial charge in [-0.05, 0) is 49.9 Å². The fourth-order valence-corrected chi connectivity index (χ4v) is 2.58. The first-order valence-corrected chi connectivity index (χ1v) is 7.83. The van der Waals surface area contributed by atoms with Gasteiger partial charge in [-0.25, -0.2) is 0 Å². The monoisotopic (exact) mass is 323 g/mol. The van der Waals surface area contributed by atoms with Crippen LogP contribution in [-0.4, -0.2) is 30.6 Å². The van der Waals surface area contributed by atoms with E-state index in [1.807, 2.05) is 0 Å². The summed E-state index contributed by atoms with van der Waals surface area (Å²) in [5, 5.41) is 3.43. The zero-order chi connectivity index (χ0) is 15.7. The predicted molar refractivity (Wildman–Crippen MR) is 80.9 cm³/mol. The molecule has 1 saturated carbocycles. The molecule has 0 unspecified atom stereocenters. The average Bonchev–Trinajstić information content (AvgIpc) is 3.30. The maximum absolute atomic E-state index is 12.2. The molecule has 1 heterocycles. The van der Waals surface area contributed by atoms with Crippen LogP contribution in [0, 0.1) is 5.92 Å². The van der Waals surface area contributed by atoms with Crippen LogP contribution in [0.3, 0.4) is 0 Å². The highest BCUT2D eigenvalue weighted by Crippen LogP contribution is 2.30. The molecule has 1 aromatic rings. The highest BCUT2D eigenvalue weighted by Gasteiger charge is 2.31. The zero-order valence-corrected chi connectivity index (χ0v) is 13.1. The fourth-order valence-electron chi connectivity index (χ4n) is 2.38. The number of nitrogens with one attached hydrogen (secondary N) is 1. The molecule has 0 radical (unpaired) electrons. The van der Waals surface area contributed by atoms with Crippen LogP contribution < -0.4 is 10.1 Å². The lowest BCUT2D eigenvalue weighted by Crippen LogP contribution is -2.39. The summed E-state index contributed by atoms with van der Waals surface area (Å²) < 4.78 is 10.8. The van der Waals surface area contributed by atoms with Gasteiger partial charge in [-0.2, -0.15) is 0 Å². The van der Waals surface area contributed by atoms with E-state index in [1.165, 1.54) is 0 Å². The Balaban J connectivity index is 1.57. The van der Waals surface area contributed by atoms with E-state index >= 15 is 0 Å². The molecular formula is C16H18ClNO4. The number of carbonyl (C=O) groups is 2. The van der Waals surface area contributed by atoms with E-state index in [1.54, 1.807) is 25.1 Å². The van der Waals surface area contributed by atoms with Crippen LogP contribution >= 0.6 is 11.6 Å². The van der Waals surface area contributed by atoms with Crippen molar-refractivity contribution in [3.63, 3.8) is 0 Å². The lowest BCUT2D eigenvalue weighted by molar-refractivity contribution is -0.160. The number of fused-ring (bicyclic) bond motifs is 1. The molecular weight excluding hydrogens is 306 g/mol. The third-order valence-corrected chi connectivity index (χ3v) is 4.08. The van der Waals surface area contributed by atoms with Crippen LogP contribution in [0.2, 0.25) is 5.02 Å². The summed E-state index contributed by atoms with van der Waals surface area (Å²) in [6.07, 6.45) is 1.72. The second kappa shape index (κ2) is 6.16. The molecule has 1 aromatic carbocycles. The SMILES string of the molecule is C[C@H](OC(=O)[C@H]1COc2ccc(Cl)cc2C1)C(=O)NC1CC1. The third-order valence-electron chi connectivity index (χ3n) is 3.85. The third kappa shape index (κ3) is 3.53. The van der Waals surface area contributed by atoms with E-state index in [4.69, 9.17) is 21.1 Å². The number of hydrogen-bond donors (Lipinski definition) is 1. The van der Waals surface area contributed by atoms with Gasteiger partial charge in [0.25, 0.3) is 5.91 Å². The highest BCUT2D eigenvalue weighted by molar-refractivity contribution is 6.30. The Morgan fingerprint density at radius 2 is 2.18 bits per heavy atom. The molecule has 0 aromatic heterocycles. The molecule has 22 heavy (non-hydrogen) atoms. The Labute approximate surface area is 133 Å². The van der Waals surface area contributed by atoms with E-state index < -0.39 is 18.0 Å². The van der Waals surface area contributed by atoms with Crippen LogP contribution in [0.5, 0.6) is 5.75 Å². The summed E-state index contributed by atoms with van der Waals surface area (Å²) in [5.41, 5.74) is 0.885. The molecule has 1 aliphatic heterocycles. The first kappa shape index (κ1) is 15.2. The summed E-state index contributed by atoms with van der Waals surface area (Å²) in [5.74, 6) is -0.324. The van der Waals surface area contributed by atoms with E-state index in [-0.39, 0.29) is 18.6 Å². The van der Waals surface area contributed by atoms with Crippen molar-refractivity contribution in [2.24, 2.45) is 5.92 Å². The van der Waals surface area contributed by atoms with Crippen molar-refractivity contribution < 1.29 is 19.1 Å². The topological polar surface area (TPSA) is 64.6 Å². The van der Waals surface area contributed by atoms with Gasteiger partial charge in [0.2, 0.25) is 0 Å². The van der Waals surface area contributed by atoms with Crippen molar-refractivity contribution in [2.75, 3.05) is 6.61 Å². The standard InChI is InChI=1S/C16H18ClNO4/c1-9(15(19)18-13-3-4-13)22-16(20)11-6-10-7-12(17)2-5-14(10)21-8-11/h2,5,7,9,11,13H,3-4,6,8H2,1H3,(H,18,19)/t9-,11+/m0/s1. The molecule has 0 bridgehead atoms. The van der Waals surface area contributed by atoms with Crippen LogP contribution in [0.15, 0.2) is 18.2 Å². The van der Waals surface area contributed by atoms with Crippen LogP contribution in [-0.2, 0) is 20.7 Å². The largest absolute Gasteiger partial charge is 0.492 e. The first-order valence-electron chi connectivity index (χ1n) is 7.45. The molecule has 2 atom stereocenters. The Morgan fingerprint density at radius 3 is 2.91 bits per heavy atom. The molecule has 3 rings (SSSR count). The Morgan fingerprint density at radius 1 is 1.41 bits per heavy atom. The van der Waals surface area contributed by atoms with Gasteiger partial charge in [0.15, 0.2) is 6.10 Å². The molecule has 6 heteroatoms. The smallest absolute Gasteiger partial charge is 0.313 e. The van der Waals surface area contributed by atoms with Crippen molar-refractivity contribution in [3.8, 4) is 5.75 Å². The minimum Gasteiger partial charge on any atom is -0.492 e. The highest BCUT2D eigenvalue weighted by atomic mass is 35.5. The zero-order valence-electron chi connectivity index (χ0n) is 12.3. The fraction of sp³-hybridized carbons (Fsp3) is 0.500. The summed E-state index contributed by atoms with van der Waals surface area (Å²) in [4.78, 5) is 24.0. The number of hydrogen-bond acceptors (Lipinski definition) is 4. The van der Waals surface area contributed by atoms with Crippen molar-refractivity contribution in [3.05, 3.63) is 28.8 Å². The van der Waals surface area contributed by atoms with Crippen LogP contribution in [0.4, 0.5) is 0 Å². The first-order chi connectivity index (χ1) is 10.5. The van der Waals surface area contributed by atoms with Gasteiger partial charge >= 0.3 is 5.97 Å². The van der Waals surface area contributed by atoms with Crippen molar-refractivity contribution in [1.82, 2.24) is 5.32 Å². The van der Waals surface area contributed by atoms with Crippen molar-refractivity contribution in [2.45, 2.75) is 38.3 Å². The Bertz CT molecular complexity index is 600. The normalized spacial score (nSPS) is 21.3. The summed E-state index contributed by atoms with van der Waals surface area (Å²) in [7, 11) is 0. The number of amides is 1. The molecule has 0 saturated heterocycles. The van der Waals surface area contributed by atoms with Gasteiger partial charge in [0.05, 0.1) is 5.92 Å². The van der Waals surface area contributed by atoms with E-state index in [2.05, 4.69) is 5.32 Å². The molecule has 5 nitrogen and oxygen atoms in total. The summed E-state index contributed by atoms with van der Waals surface area (Å²) in [6.45, 7) is 1.84. The van der Waals surface area contributed by atoms with Crippen molar-refractivity contribution in [1.29, 1.82) is 0 Å². The number of carbonyl (C=O) groups excluding carboxylic acids is 2. The summed E-state index contributed by atoms with van der Waals surface area (Å²) in [6, 6.07) is 5.59. The van der Waals surface area contributed by atoms with Crippen LogP contribution in [0.1, 0.15) is 25.3 Å². The van der Waals surface area contributed by atoms with E-state index in [9.17, 15) is 9.59 Å². The summed E-state index contributed by atoms with van der Waals surface area (Å²) >= 11 is 5.96. The molecule has 1 aliphatic carbocycles. The Kier molecular flexibility index (Phi) is 4.25. The van der Waals surface area contributed by atoms with E-state index in [0.717, 1.165) is 24.2 Å². The number of ether oxygens (including phenoxy) is 2. The lowest BCUT2D eigenvalue weighted by Gasteiger charge is -2.25. The molecule has 1 amide bonds. The Hall–Kier alpha value is -1.75. The second-order valence-corrected chi connectivity index (χ2v) is 6.26. The number of benzene rings is 1. The number of halogens is 1. The van der Waals surface area contributed by atoms with Crippen molar-refractivity contribution >= 4 is 23.5 Å². The molecule has 118 valence electrons. The minimum atomic E-state index is -0.783. The van der Waals surface area contributed by atoms with E-state index in [0.29, 0.717) is 11.4 Å². The van der Waals surface area contributed by atoms with Gasteiger partial charge < -0.3 is 14.8 Å². The quantitative estimate of drug-likeness (QED) is 0.862. The maximum Gasteiger partial charge on any atom is 0.313 e. The number of esters is 1. The molecule has 1 fully saturated rings. The van der Waals surface area contributed by atoms with Gasteiger partial charge in [-0.3, -0.25) is 9.59 Å². The molecule has 2 aliphatic rings. The number of rotatable bonds is 4. The predicted octanol–water partition coefficient (Wildman–Crippen LogP) is 2.10. The van der Waals surface area contributed by atoms with Crippen LogP contribution in [0.25, 0.3) is 0 Å². The second-order valence-electron chi connectivity index (χ2n) is 5.83. The van der Waals surface area contributed by atoms with Gasteiger partial charge in [0, 0.05) is 11.1 Å². The van der Waals surface area contributed by atoms with Gasteiger partial charge in [-0.1, -0.05) is 11.6 Å². The van der Waals surface area contributed by atoms with Gasteiger partial charge in [-0.15, -0.1) is 0 Å². The molecule has 1 N–H and O–H groups in total. The minimum absolute atomic E-state index is 0.240. The maximum atomic E-state index is 12.2. The molecule has 0 spiro atoms. The van der Waals surface area contributed by atoms with Gasteiger partial charge in [0.1, 0.15) is 12.4 Å².